The smallest absolute Gasteiger partial charge is 0.227 e. The Morgan fingerprint density at radius 2 is 2.00 bits per heavy atom. The number of piperidine rings is 1. The molecule has 0 spiro atoms. The van der Waals surface area contributed by atoms with Crippen LogP contribution in [0.15, 0.2) is 42.5 Å². The van der Waals surface area contributed by atoms with E-state index < -0.39 is 6.10 Å². The predicted octanol–water partition coefficient (Wildman–Crippen LogP) is 3.10. The van der Waals surface area contributed by atoms with Crippen molar-refractivity contribution in [1.29, 1.82) is 0 Å². The number of H-pyrrole nitrogens is 1. The summed E-state index contributed by atoms with van der Waals surface area (Å²) in [7, 11) is 0. The molecule has 2 heterocycles. The van der Waals surface area contributed by atoms with Crippen molar-refractivity contribution in [3.8, 4) is 0 Å². The number of fused-ring (bicyclic) bond motifs is 1. The first-order valence-electron chi connectivity index (χ1n) is 9.48. The van der Waals surface area contributed by atoms with E-state index in [-0.39, 0.29) is 11.8 Å². The van der Waals surface area contributed by atoms with Crippen LogP contribution in [-0.2, 0) is 11.2 Å². The lowest BCUT2D eigenvalue weighted by atomic mass is 9.86. The number of aliphatic hydroxyl groups excluding tert-OH is 1. The Hall–Kier alpha value is -2.66. The molecule has 1 amide bonds. The average Bonchev–Trinajstić information content (AvgIpc) is 2.99. The van der Waals surface area contributed by atoms with Gasteiger partial charge < -0.3 is 10.0 Å². The number of carbonyl (C=O) groups is 1. The summed E-state index contributed by atoms with van der Waals surface area (Å²) in [6.07, 6.45) is 0.561. The molecule has 2 aromatic carbocycles. The van der Waals surface area contributed by atoms with Gasteiger partial charge in [-0.15, -0.1) is 0 Å². The van der Waals surface area contributed by atoms with E-state index in [0.29, 0.717) is 19.5 Å². The molecule has 1 aliphatic heterocycles. The fourth-order valence-electron chi connectivity index (χ4n) is 4.08. The molecule has 140 valence electrons. The third-order valence-electron chi connectivity index (χ3n) is 5.75. The Kier molecular flexibility index (Phi) is 4.70. The lowest BCUT2D eigenvalue weighted by Gasteiger charge is -2.36. The number of aryl methyl sites for hydroxylation is 2. The van der Waals surface area contributed by atoms with Crippen LogP contribution in [0.3, 0.4) is 0 Å². The summed E-state index contributed by atoms with van der Waals surface area (Å²) in [6.45, 7) is 4.89. The molecule has 1 aromatic heterocycles. The highest BCUT2D eigenvalue weighted by Gasteiger charge is 2.31. The van der Waals surface area contributed by atoms with Crippen molar-refractivity contribution in [1.82, 2.24) is 15.1 Å². The Morgan fingerprint density at radius 3 is 2.70 bits per heavy atom. The number of hydrogen-bond acceptors (Lipinski definition) is 3. The topological polar surface area (TPSA) is 69.2 Å². The van der Waals surface area contributed by atoms with Crippen molar-refractivity contribution in [3.05, 3.63) is 65.0 Å². The van der Waals surface area contributed by atoms with E-state index in [1.54, 1.807) is 4.90 Å². The molecule has 1 fully saturated rings. The van der Waals surface area contributed by atoms with E-state index in [1.807, 2.05) is 26.0 Å². The first-order valence-corrected chi connectivity index (χ1v) is 9.48. The summed E-state index contributed by atoms with van der Waals surface area (Å²) in [5.41, 5.74) is 3.92. The zero-order chi connectivity index (χ0) is 19.0. The highest BCUT2D eigenvalue weighted by molar-refractivity contribution is 5.83. The predicted molar refractivity (Wildman–Crippen MR) is 106 cm³/mol. The van der Waals surface area contributed by atoms with Crippen molar-refractivity contribution < 1.29 is 9.90 Å². The number of likely N-dealkylation sites (tertiary alicyclic amines) is 1. The Morgan fingerprint density at radius 1 is 1.22 bits per heavy atom. The number of nitrogens with zero attached hydrogens (tertiary/aromatic N) is 2. The van der Waals surface area contributed by atoms with E-state index in [4.69, 9.17) is 0 Å². The van der Waals surface area contributed by atoms with Crippen molar-refractivity contribution in [2.75, 3.05) is 13.1 Å². The van der Waals surface area contributed by atoms with Gasteiger partial charge in [-0.1, -0.05) is 42.5 Å². The summed E-state index contributed by atoms with van der Waals surface area (Å²) >= 11 is 0. The average molecular weight is 363 g/mol. The molecule has 0 radical (unpaired) electrons. The maximum atomic E-state index is 12.7. The molecule has 1 aliphatic rings. The van der Waals surface area contributed by atoms with E-state index in [2.05, 4.69) is 40.5 Å². The number of hydrogen-bond donors (Lipinski definition) is 2. The number of benzene rings is 2. The van der Waals surface area contributed by atoms with Gasteiger partial charge >= 0.3 is 0 Å². The Bertz CT molecular complexity index is 959. The van der Waals surface area contributed by atoms with Gasteiger partial charge in [0, 0.05) is 30.3 Å². The molecule has 0 aliphatic carbocycles. The number of rotatable bonds is 3. The first-order chi connectivity index (χ1) is 13.0. The second-order valence-corrected chi connectivity index (χ2v) is 7.50. The minimum absolute atomic E-state index is 0.0543. The molecule has 0 unspecified atom stereocenters. The zero-order valence-electron chi connectivity index (χ0n) is 15.8. The molecule has 0 saturated carbocycles. The van der Waals surface area contributed by atoms with Crippen LogP contribution in [0.2, 0.25) is 0 Å². The number of aliphatic hydroxyl groups is 1. The molecular weight excluding hydrogens is 338 g/mol. The molecule has 3 aromatic rings. The molecule has 2 N–H and O–H groups in total. The summed E-state index contributed by atoms with van der Waals surface area (Å²) in [4.78, 5) is 14.5. The zero-order valence-corrected chi connectivity index (χ0v) is 15.8. The SMILES string of the molecule is Cc1n[nH]c(C)c1CC(=O)N1CC[C@@H](c2ccc3ccccc3c2)[C@H](O)C1. The van der Waals surface area contributed by atoms with Crippen molar-refractivity contribution in [3.63, 3.8) is 0 Å². The highest BCUT2D eigenvalue weighted by Crippen LogP contribution is 2.31. The first kappa shape index (κ1) is 17.7. The minimum atomic E-state index is -0.546. The monoisotopic (exact) mass is 363 g/mol. The maximum absolute atomic E-state index is 12.7. The van der Waals surface area contributed by atoms with Crippen molar-refractivity contribution >= 4 is 16.7 Å². The second-order valence-electron chi connectivity index (χ2n) is 7.50. The number of nitrogens with one attached hydrogen (secondary N) is 1. The summed E-state index contributed by atoms with van der Waals surface area (Å²) in [6, 6.07) is 14.6. The Labute approximate surface area is 159 Å². The maximum Gasteiger partial charge on any atom is 0.227 e. The van der Waals surface area contributed by atoms with Gasteiger partial charge in [0.25, 0.3) is 0 Å². The summed E-state index contributed by atoms with van der Waals surface area (Å²) < 4.78 is 0. The summed E-state index contributed by atoms with van der Waals surface area (Å²) in [5.74, 6) is 0.120. The van der Waals surface area contributed by atoms with Crippen LogP contribution in [0.25, 0.3) is 10.8 Å². The minimum Gasteiger partial charge on any atom is -0.391 e. The molecule has 0 bridgehead atoms. The molecular formula is C22H25N3O2. The normalized spacial score (nSPS) is 20.2. The van der Waals surface area contributed by atoms with Crippen LogP contribution in [-0.4, -0.2) is 45.3 Å². The van der Waals surface area contributed by atoms with Gasteiger partial charge in [-0.2, -0.15) is 5.10 Å². The number of β-amino-alcohol motifs (C(OH)–C–C–N with tert-alkyl or cyclic N) is 1. The van der Waals surface area contributed by atoms with E-state index in [9.17, 15) is 9.90 Å². The molecule has 1 saturated heterocycles. The van der Waals surface area contributed by atoms with Gasteiger partial charge in [0.1, 0.15) is 0 Å². The van der Waals surface area contributed by atoms with Gasteiger partial charge in [-0.3, -0.25) is 9.89 Å². The molecule has 2 atom stereocenters. The summed E-state index contributed by atoms with van der Waals surface area (Å²) in [5, 5.41) is 20.2. The van der Waals surface area contributed by atoms with Crippen molar-refractivity contribution in [2.24, 2.45) is 0 Å². The number of aromatic nitrogens is 2. The fourth-order valence-corrected chi connectivity index (χ4v) is 4.08. The van der Waals surface area contributed by atoms with Gasteiger partial charge in [-0.25, -0.2) is 0 Å². The third-order valence-corrected chi connectivity index (χ3v) is 5.75. The lowest BCUT2D eigenvalue weighted by molar-refractivity contribution is -0.134. The molecule has 5 nitrogen and oxygen atoms in total. The van der Waals surface area contributed by atoms with Gasteiger partial charge in [0.15, 0.2) is 0 Å². The van der Waals surface area contributed by atoms with Gasteiger partial charge in [0.2, 0.25) is 5.91 Å². The largest absolute Gasteiger partial charge is 0.391 e. The van der Waals surface area contributed by atoms with Gasteiger partial charge in [0.05, 0.1) is 18.2 Å². The number of aromatic amines is 1. The third kappa shape index (κ3) is 3.47. The van der Waals surface area contributed by atoms with Crippen LogP contribution >= 0.6 is 0 Å². The lowest BCUT2D eigenvalue weighted by Crippen LogP contribution is -2.46. The van der Waals surface area contributed by atoms with E-state index in [0.717, 1.165) is 28.9 Å². The number of carbonyl (C=O) groups excluding carboxylic acids is 1. The second kappa shape index (κ2) is 7.16. The van der Waals surface area contributed by atoms with Crippen LogP contribution in [0.1, 0.15) is 34.9 Å². The van der Waals surface area contributed by atoms with E-state index >= 15 is 0 Å². The van der Waals surface area contributed by atoms with Gasteiger partial charge in [-0.05, 0) is 36.6 Å². The van der Waals surface area contributed by atoms with Crippen LogP contribution in [0, 0.1) is 13.8 Å². The molecule has 4 rings (SSSR count). The highest BCUT2D eigenvalue weighted by atomic mass is 16.3. The van der Waals surface area contributed by atoms with Crippen LogP contribution < -0.4 is 0 Å². The quantitative estimate of drug-likeness (QED) is 0.751. The van der Waals surface area contributed by atoms with Crippen LogP contribution in [0.4, 0.5) is 0 Å². The standard InChI is InChI=1S/C22H25N3O2/c1-14-20(15(2)24-23-14)12-22(27)25-10-9-19(21(26)13-25)18-8-7-16-5-3-4-6-17(16)11-18/h3-8,11,19,21,26H,9-10,12-13H2,1-2H3,(H,23,24)/t19-,21+/m0/s1. The Balaban J connectivity index is 1.46. The van der Waals surface area contributed by atoms with Crippen LogP contribution in [0.5, 0.6) is 0 Å². The molecule has 5 heteroatoms. The van der Waals surface area contributed by atoms with E-state index in [1.165, 1.54) is 10.8 Å². The fraction of sp³-hybridized carbons (Fsp3) is 0.364. The number of amides is 1. The van der Waals surface area contributed by atoms with Crippen molar-refractivity contribution in [2.45, 2.75) is 38.7 Å². The molecule has 27 heavy (non-hydrogen) atoms.